The third kappa shape index (κ3) is 6.23. The van der Waals surface area contributed by atoms with Gasteiger partial charge in [-0.2, -0.15) is 0 Å². The molecule has 0 amide bonds. The molecule has 0 aliphatic heterocycles. The van der Waals surface area contributed by atoms with Crippen molar-refractivity contribution < 1.29 is 45.7 Å². The molecule has 0 fully saturated rings. The highest BCUT2D eigenvalue weighted by Gasteiger charge is 2.35. The minimum atomic E-state index is -5.13. The molecule has 4 nitrogen and oxygen atoms in total. The van der Waals surface area contributed by atoms with Crippen LogP contribution >= 0.6 is 0 Å². The van der Waals surface area contributed by atoms with E-state index < -0.39 is 48.6 Å². The lowest BCUT2D eigenvalue weighted by atomic mass is 10.1. The molecule has 0 bridgehead atoms. The largest absolute Gasteiger partial charge is 0.573 e. The zero-order valence-corrected chi connectivity index (χ0v) is 10.1. The van der Waals surface area contributed by atoms with Gasteiger partial charge in [-0.1, -0.05) is 6.07 Å². The first-order valence-corrected chi connectivity index (χ1v) is 5.33. The van der Waals surface area contributed by atoms with Gasteiger partial charge in [0.15, 0.2) is 0 Å². The van der Waals surface area contributed by atoms with E-state index in [1.807, 2.05) is 0 Å². The molecule has 0 spiro atoms. The molecule has 1 rings (SSSR count). The van der Waals surface area contributed by atoms with Gasteiger partial charge in [-0.05, 0) is 18.6 Å². The van der Waals surface area contributed by atoms with Crippen molar-refractivity contribution in [3.05, 3.63) is 23.8 Å². The molecule has 0 atom stereocenters. The van der Waals surface area contributed by atoms with Crippen LogP contribution in [-0.4, -0.2) is 23.8 Å². The van der Waals surface area contributed by atoms with Crippen molar-refractivity contribution in [3.63, 3.8) is 0 Å². The predicted octanol–water partition coefficient (Wildman–Crippen LogP) is 3.50. The Labute approximate surface area is 113 Å². The monoisotopic (exact) mass is 318 g/mol. The number of rotatable bonds is 5. The predicted molar refractivity (Wildman–Crippen MR) is 55.8 cm³/mol. The fraction of sp³-hybridized carbons (Fsp3) is 0.364. The van der Waals surface area contributed by atoms with E-state index in [1.54, 1.807) is 0 Å². The van der Waals surface area contributed by atoms with Gasteiger partial charge in [0, 0.05) is 12.0 Å². The fourth-order valence-electron chi connectivity index (χ4n) is 1.46. The minimum absolute atomic E-state index is 0.618. The van der Waals surface area contributed by atoms with Crippen molar-refractivity contribution in [1.82, 2.24) is 0 Å². The highest BCUT2D eigenvalue weighted by molar-refractivity contribution is 5.67. The number of benzene rings is 1. The van der Waals surface area contributed by atoms with E-state index in [9.17, 15) is 31.1 Å². The molecule has 21 heavy (non-hydrogen) atoms. The molecule has 0 saturated heterocycles. The maximum Gasteiger partial charge on any atom is 0.573 e. The molecule has 10 heteroatoms. The number of ether oxygens (including phenoxy) is 2. The van der Waals surface area contributed by atoms with Crippen molar-refractivity contribution in [2.75, 3.05) is 0 Å². The number of aliphatic carboxylic acids is 1. The molecule has 0 aromatic heterocycles. The summed E-state index contributed by atoms with van der Waals surface area (Å²) in [5, 5.41) is 8.50. The second kappa shape index (κ2) is 6.10. The van der Waals surface area contributed by atoms with E-state index in [0.717, 1.165) is 18.2 Å². The molecule has 1 N–H and O–H groups in total. The normalized spacial score (nSPS) is 12.1. The van der Waals surface area contributed by atoms with E-state index in [0.29, 0.717) is 0 Å². The lowest BCUT2D eigenvalue weighted by Gasteiger charge is -2.17. The first-order valence-electron chi connectivity index (χ1n) is 5.33. The molecule has 0 heterocycles. The SMILES string of the molecule is O=C(O)CCc1c(OC(F)(F)F)cccc1OC(F)(F)F. The van der Waals surface area contributed by atoms with Gasteiger partial charge in [0.25, 0.3) is 0 Å². The number of carbonyl (C=O) groups is 1. The summed E-state index contributed by atoms with van der Waals surface area (Å²) in [6, 6.07) is 2.41. The zero-order valence-electron chi connectivity index (χ0n) is 10.1. The maximum atomic E-state index is 12.2. The van der Waals surface area contributed by atoms with E-state index in [2.05, 4.69) is 9.47 Å². The van der Waals surface area contributed by atoms with E-state index in [4.69, 9.17) is 5.11 Å². The van der Waals surface area contributed by atoms with E-state index >= 15 is 0 Å². The summed E-state index contributed by atoms with van der Waals surface area (Å²) in [6.07, 6.45) is -11.6. The molecule has 0 saturated carbocycles. The van der Waals surface area contributed by atoms with Crippen LogP contribution in [0.25, 0.3) is 0 Å². The molecule has 118 valence electrons. The summed E-state index contributed by atoms with van der Waals surface area (Å²) >= 11 is 0. The third-order valence-corrected chi connectivity index (χ3v) is 2.13. The second-order valence-electron chi connectivity index (χ2n) is 3.72. The zero-order chi connectivity index (χ0) is 16.3. The van der Waals surface area contributed by atoms with Crippen LogP contribution in [0.5, 0.6) is 11.5 Å². The van der Waals surface area contributed by atoms with E-state index in [-0.39, 0.29) is 0 Å². The molecular weight excluding hydrogens is 310 g/mol. The summed E-state index contributed by atoms with van der Waals surface area (Å²) < 4.78 is 80.3. The van der Waals surface area contributed by atoms with Crippen molar-refractivity contribution in [1.29, 1.82) is 0 Å². The minimum Gasteiger partial charge on any atom is -0.481 e. The molecule has 0 radical (unpaired) electrons. The number of halogens is 6. The summed E-state index contributed by atoms with van der Waals surface area (Å²) in [4.78, 5) is 10.4. The van der Waals surface area contributed by atoms with Gasteiger partial charge in [0.05, 0.1) is 0 Å². The van der Waals surface area contributed by atoms with Crippen LogP contribution in [0.4, 0.5) is 26.3 Å². The van der Waals surface area contributed by atoms with Gasteiger partial charge < -0.3 is 14.6 Å². The standard InChI is InChI=1S/C11H8F6O4/c12-10(13,14)20-7-2-1-3-8(21-11(15,16)17)6(7)4-5-9(18)19/h1-3H,4-5H2,(H,18,19). The Balaban J connectivity index is 3.16. The number of carboxylic acid groups (broad SMARTS) is 1. The summed E-state index contributed by atoms with van der Waals surface area (Å²) in [7, 11) is 0. The van der Waals surface area contributed by atoms with Crippen LogP contribution in [-0.2, 0) is 11.2 Å². The Morgan fingerprint density at radius 2 is 1.43 bits per heavy atom. The maximum absolute atomic E-state index is 12.2. The highest BCUT2D eigenvalue weighted by Crippen LogP contribution is 2.36. The third-order valence-electron chi connectivity index (χ3n) is 2.13. The molecule has 1 aromatic carbocycles. The van der Waals surface area contributed by atoms with Gasteiger partial charge in [-0.3, -0.25) is 4.79 Å². The molecular formula is C11H8F6O4. The first kappa shape index (κ1) is 16.9. The van der Waals surface area contributed by atoms with Crippen molar-refractivity contribution in [2.45, 2.75) is 25.6 Å². The van der Waals surface area contributed by atoms with Crippen molar-refractivity contribution >= 4 is 5.97 Å². The first-order chi connectivity index (χ1) is 9.48. The molecule has 0 aliphatic rings. The van der Waals surface area contributed by atoms with Crippen LogP contribution in [0.2, 0.25) is 0 Å². The van der Waals surface area contributed by atoms with Gasteiger partial charge in [-0.15, -0.1) is 26.3 Å². The number of alkyl halides is 6. The Kier molecular flexibility index (Phi) is 4.92. The van der Waals surface area contributed by atoms with Crippen LogP contribution in [0.3, 0.4) is 0 Å². The Morgan fingerprint density at radius 3 is 1.76 bits per heavy atom. The van der Waals surface area contributed by atoms with Crippen LogP contribution < -0.4 is 9.47 Å². The van der Waals surface area contributed by atoms with Gasteiger partial charge in [0.2, 0.25) is 0 Å². The van der Waals surface area contributed by atoms with E-state index in [1.165, 1.54) is 0 Å². The van der Waals surface area contributed by atoms with Crippen molar-refractivity contribution in [2.24, 2.45) is 0 Å². The number of carboxylic acids is 1. The van der Waals surface area contributed by atoms with Crippen LogP contribution in [0, 0.1) is 0 Å². The lowest BCUT2D eigenvalue weighted by Crippen LogP contribution is -2.21. The fourth-order valence-corrected chi connectivity index (χ4v) is 1.46. The Bertz CT molecular complexity index is 474. The van der Waals surface area contributed by atoms with Crippen LogP contribution in [0.15, 0.2) is 18.2 Å². The topological polar surface area (TPSA) is 55.8 Å². The van der Waals surface area contributed by atoms with Gasteiger partial charge >= 0.3 is 18.7 Å². The summed E-state index contributed by atoms with van der Waals surface area (Å²) in [6.45, 7) is 0. The van der Waals surface area contributed by atoms with Crippen LogP contribution in [0.1, 0.15) is 12.0 Å². The smallest absolute Gasteiger partial charge is 0.481 e. The Morgan fingerprint density at radius 1 is 1.00 bits per heavy atom. The molecule has 0 unspecified atom stereocenters. The molecule has 0 aliphatic carbocycles. The number of hydrogen-bond acceptors (Lipinski definition) is 3. The summed E-state index contributed by atoms with van der Waals surface area (Å²) in [5.74, 6) is -3.27. The van der Waals surface area contributed by atoms with Gasteiger partial charge in [0.1, 0.15) is 11.5 Å². The quantitative estimate of drug-likeness (QED) is 0.844. The summed E-state index contributed by atoms with van der Waals surface area (Å²) in [5.41, 5.74) is -0.630. The van der Waals surface area contributed by atoms with Gasteiger partial charge in [-0.25, -0.2) is 0 Å². The second-order valence-corrected chi connectivity index (χ2v) is 3.72. The van der Waals surface area contributed by atoms with Crippen molar-refractivity contribution in [3.8, 4) is 11.5 Å². The molecule has 1 aromatic rings. The lowest BCUT2D eigenvalue weighted by molar-refractivity contribution is -0.277. The average Bonchev–Trinajstić information content (AvgIpc) is 2.23. The number of hydrogen-bond donors (Lipinski definition) is 1. The highest BCUT2D eigenvalue weighted by atomic mass is 19.4. The average molecular weight is 318 g/mol. The Hall–Kier alpha value is -2.13.